The fourth-order valence-electron chi connectivity index (χ4n) is 3.81. The maximum atomic E-state index is 12.4. The van der Waals surface area contributed by atoms with Crippen LogP contribution in [0.3, 0.4) is 0 Å². The predicted octanol–water partition coefficient (Wildman–Crippen LogP) is 2.97. The molecular weight excluding hydrogens is 338 g/mol. The van der Waals surface area contributed by atoms with Crippen LogP contribution in [0, 0.1) is 18.8 Å². The van der Waals surface area contributed by atoms with Crippen LogP contribution in [0.5, 0.6) is 0 Å². The van der Waals surface area contributed by atoms with E-state index in [4.69, 9.17) is 9.97 Å². The highest BCUT2D eigenvalue weighted by atomic mass is 16.1. The number of carbonyl (C=O) groups excluding carboxylic acids is 1. The zero-order valence-corrected chi connectivity index (χ0v) is 15.2. The minimum atomic E-state index is -0.0423. The molecule has 2 aromatic heterocycles. The Labute approximate surface area is 156 Å². The molecule has 134 valence electrons. The topological polar surface area (TPSA) is 82.7 Å². The van der Waals surface area contributed by atoms with Gasteiger partial charge in [-0.25, -0.2) is 9.97 Å². The molecule has 4 heterocycles. The van der Waals surface area contributed by atoms with Gasteiger partial charge in [0.25, 0.3) is 5.91 Å². The molecule has 0 fully saturated rings. The van der Waals surface area contributed by atoms with Gasteiger partial charge in [0.05, 0.1) is 22.8 Å². The average Bonchev–Trinajstić information content (AvgIpc) is 3.09. The Morgan fingerprint density at radius 3 is 3.00 bits per heavy atom. The minimum absolute atomic E-state index is 0.0401. The third kappa shape index (κ3) is 2.55. The summed E-state index contributed by atoms with van der Waals surface area (Å²) in [4.78, 5) is 25.4. The summed E-state index contributed by atoms with van der Waals surface area (Å²) >= 11 is 0. The third-order valence-electron chi connectivity index (χ3n) is 5.19. The first-order chi connectivity index (χ1) is 13.1. The van der Waals surface area contributed by atoms with Crippen molar-refractivity contribution in [2.45, 2.75) is 32.2 Å². The summed E-state index contributed by atoms with van der Waals surface area (Å²) in [5.74, 6) is 7.37. The van der Waals surface area contributed by atoms with Crippen LogP contribution in [-0.2, 0) is 0 Å². The molecule has 1 aromatic carbocycles. The van der Waals surface area contributed by atoms with Crippen molar-refractivity contribution in [1.82, 2.24) is 20.3 Å². The number of H-pyrrole nitrogens is 1. The number of para-hydroxylation sites is 1. The number of hydrogen-bond donors (Lipinski definition) is 3. The average molecular weight is 357 g/mol. The molecule has 3 N–H and O–H groups in total. The van der Waals surface area contributed by atoms with Gasteiger partial charge in [-0.1, -0.05) is 18.1 Å². The number of aryl methyl sites for hydroxylation is 1. The molecule has 0 saturated carbocycles. The van der Waals surface area contributed by atoms with E-state index in [2.05, 4.69) is 27.5 Å². The quantitative estimate of drug-likeness (QED) is 0.540. The van der Waals surface area contributed by atoms with E-state index < -0.39 is 0 Å². The lowest BCUT2D eigenvalue weighted by Crippen LogP contribution is -2.34. The van der Waals surface area contributed by atoms with Crippen molar-refractivity contribution >= 4 is 22.8 Å². The molecule has 6 nitrogen and oxygen atoms in total. The molecular formula is C21H19N5O. The molecule has 0 unspecified atom stereocenters. The Bertz CT molecular complexity index is 1150. The molecule has 3 aromatic rings. The largest absolute Gasteiger partial charge is 0.357 e. The SMILES string of the molecule is Cc1nc2cccc3c2nc1N[C@H](C)C#CC[C@@H]1CNC(=O)c2cc-3[nH]c21. The van der Waals surface area contributed by atoms with Gasteiger partial charge < -0.3 is 15.6 Å². The number of amides is 1. The lowest BCUT2D eigenvalue weighted by molar-refractivity contribution is 0.0940. The van der Waals surface area contributed by atoms with Crippen LogP contribution in [-0.4, -0.2) is 33.4 Å². The van der Waals surface area contributed by atoms with Crippen LogP contribution in [0.25, 0.3) is 22.3 Å². The number of benzene rings is 1. The van der Waals surface area contributed by atoms with E-state index in [0.717, 1.165) is 39.5 Å². The summed E-state index contributed by atoms with van der Waals surface area (Å²) in [5, 5.41) is 6.35. The minimum Gasteiger partial charge on any atom is -0.357 e. The van der Waals surface area contributed by atoms with Crippen LogP contribution in [0.4, 0.5) is 5.82 Å². The van der Waals surface area contributed by atoms with Crippen LogP contribution in [0.2, 0.25) is 0 Å². The summed E-state index contributed by atoms with van der Waals surface area (Å²) in [6.07, 6.45) is 0.686. The van der Waals surface area contributed by atoms with E-state index >= 15 is 0 Å². The highest BCUT2D eigenvalue weighted by molar-refractivity contribution is 6.00. The van der Waals surface area contributed by atoms with E-state index in [1.807, 2.05) is 38.1 Å². The number of nitrogens with one attached hydrogen (secondary N) is 3. The van der Waals surface area contributed by atoms with Gasteiger partial charge in [0.1, 0.15) is 11.3 Å². The van der Waals surface area contributed by atoms with E-state index in [-0.39, 0.29) is 17.9 Å². The zero-order valence-electron chi connectivity index (χ0n) is 15.2. The van der Waals surface area contributed by atoms with Crippen molar-refractivity contribution in [2.75, 3.05) is 11.9 Å². The van der Waals surface area contributed by atoms with Crippen molar-refractivity contribution in [3.05, 3.63) is 41.2 Å². The van der Waals surface area contributed by atoms with E-state index in [1.165, 1.54) is 0 Å². The normalized spacial score (nSPS) is 20.6. The molecule has 27 heavy (non-hydrogen) atoms. The second kappa shape index (κ2) is 5.85. The number of rotatable bonds is 0. The highest BCUT2D eigenvalue weighted by Gasteiger charge is 2.28. The molecule has 0 saturated heterocycles. The highest BCUT2D eigenvalue weighted by Crippen LogP contribution is 2.34. The Kier molecular flexibility index (Phi) is 3.44. The predicted molar refractivity (Wildman–Crippen MR) is 105 cm³/mol. The Balaban J connectivity index is 1.81. The molecule has 1 amide bonds. The Morgan fingerprint density at radius 1 is 1.22 bits per heavy atom. The van der Waals surface area contributed by atoms with Crippen LogP contribution >= 0.6 is 0 Å². The van der Waals surface area contributed by atoms with Crippen molar-refractivity contribution in [1.29, 1.82) is 0 Å². The van der Waals surface area contributed by atoms with Gasteiger partial charge in [-0.15, -0.1) is 5.92 Å². The number of aromatic amines is 1. The fraction of sp³-hybridized carbons (Fsp3) is 0.286. The monoisotopic (exact) mass is 357 g/mol. The summed E-state index contributed by atoms with van der Waals surface area (Å²) in [6, 6.07) is 7.82. The first-order valence-electron chi connectivity index (χ1n) is 9.14. The van der Waals surface area contributed by atoms with Crippen molar-refractivity contribution in [3.63, 3.8) is 0 Å². The van der Waals surface area contributed by atoms with Gasteiger partial charge in [0.15, 0.2) is 0 Å². The van der Waals surface area contributed by atoms with Gasteiger partial charge in [-0.2, -0.15) is 0 Å². The molecule has 0 radical (unpaired) electrons. The summed E-state index contributed by atoms with van der Waals surface area (Å²) in [5.41, 5.74) is 5.96. The lowest BCUT2D eigenvalue weighted by Gasteiger charge is -2.21. The van der Waals surface area contributed by atoms with Gasteiger partial charge in [-0.3, -0.25) is 4.79 Å². The molecule has 2 aliphatic heterocycles. The number of fused-ring (bicyclic) bond motifs is 3. The maximum absolute atomic E-state index is 12.4. The van der Waals surface area contributed by atoms with Crippen molar-refractivity contribution in [2.24, 2.45) is 0 Å². The number of anilines is 1. The number of nitrogens with zero attached hydrogens (tertiary/aromatic N) is 2. The molecule has 2 atom stereocenters. The number of carbonyl (C=O) groups is 1. The van der Waals surface area contributed by atoms with Crippen LogP contribution in [0.1, 0.15) is 41.0 Å². The molecule has 6 heteroatoms. The second-order valence-electron chi connectivity index (χ2n) is 7.14. The Hall–Kier alpha value is -3.33. The summed E-state index contributed by atoms with van der Waals surface area (Å²) in [6.45, 7) is 4.56. The van der Waals surface area contributed by atoms with Crippen LogP contribution in [0.15, 0.2) is 24.3 Å². The number of hydrogen-bond acceptors (Lipinski definition) is 4. The first kappa shape index (κ1) is 15.9. The zero-order chi connectivity index (χ0) is 18.5. The van der Waals surface area contributed by atoms with Crippen LogP contribution < -0.4 is 10.6 Å². The van der Waals surface area contributed by atoms with E-state index in [0.29, 0.717) is 18.5 Å². The maximum Gasteiger partial charge on any atom is 0.253 e. The van der Waals surface area contributed by atoms with Crippen molar-refractivity contribution in [3.8, 4) is 23.1 Å². The smallest absolute Gasteiger partial charge is 0.253 e. The van der Waals surface area contributed by atoms with Gasteiger partial charge in [-0.05, 0) is 26.0 Å². The second-order valence-corrected chi connectivity index (χ2v) is 7.14. The van der Waals surface area contributed by atoms with E-state index in [9.17, 15) is 4.79 Å². The summed E-state index contributed by atoms with van der Waals surface area (Å²) in [7, 11) is 0. The Morgan fingerprint density at radius 2 is 2.11 bits per heavy atom. The first-order valence-corrected chi connectivity index (χ1v) is 9.14. The van der Waals surface area contributed by atoms with Crippen molar-refractivity contribution < 1.29 is 4.79 Å². The lowest BCUT2D eigenvalue weighted by atomic mass is 9.94. The standard InChI is InChI=1S/C21H19N5O/c1-11-5-3-6-13-10-22-21(27)15-9-17(25-18(13)15)14-7-4-8-16-19(14)26-20(23-11)12(2)24-16/h4,7-9,11,13,25H,6,10H2,1-2H3,(H,22,27)(H,23,26)/t11-,13-/m1/s1. The number of aromatic nitrogens is 3. The molecule has 5 rings (SSSR count). The fourth-order valence-corrected chi connectivity index (χ4v) is 3.81. The van der Waals surface area contributed by atoms with Gasteiger partial charge >= 0.3 is 0 Å². The molecule has 4 bridgehead atoms. The molecule has 0 spiro atoms. The van der Waals surface area contributed by atoms with Gasteiger partial charge in [0.2, 0.25) is 0 Å². The molecule has 2 aliphatic rings. The van der Waals surface area contributed by atoms with Gasteiger partial charge in [0, 0.05) is 35.8 Å². The molecule has 0 aliphatic carbocycles. The van der Waals surface area contributed by atoms with E-state index in [1.54, 1.807) is 0 Å². The third-order valence-corrected chi connectivity index (χ3v) is 5.19. The summed E-state index contributed by atoms with van der Waals surface area (Å²) < 4.78 is 0.